The molecule has 138 valence electrons. The molecular formula is C20H26N4O2. The second-order valence-corrected chi connectivity index (χ2v) is 7.30. The number of benzene rings is 1. The van der Waals surface area contributed by atoms with Gasteiger partial charge in [0.15, 0.2) is 0 Å². The predicted octanol–water partition coefficient (Wildman–Crippen LogP) is 1.72. The summed E-state index contributed by atoms with van der Waals surface area (Å²) >= 11 is 0. The third kappa shape index (κ3) is 3.73. The van der Waals surface area contributed by atoms with E-state index >= 15 is 0 Å². The van der Waals surface area contributed by atoms with Gasteiger partial charge < -0.3 is 9.80 Å². The summed E-state index contributed by atoms with van der Waals surface area (Å²) in [5, 5.41) is 8.86. The van der Waals surface area contributed by atoms with Crippen LogP contribution in [0.1, 0.15) is 42.6 Å². The van der Waals surface area contributed by atoms with Crippen LogP contribution in [0, 0.1) is 11.3 Å². The van der Waals surface area contributed by atoms with E-state index in [1.165, 1.54) is 0 Å². The van der Waals surface area contributed by atoms with Gasteiger partial charge in [-0.05, 0) is 51.0 Å². The summed E-state index contributed by atoms with van der Waals surface area (Å²) in [6, 6.07) is 9.02. The minimum atomic E-state index is -0.0432. The molecule has 0 N–H and O–H groups in total. The zero-order valence-electron chi connectivity index (χ0n) is 15.5. The molecule has 0 radical (unpaired) electrons. The van der Waals surface area contributed by atoms with E-state index in [9.17, 15) is 9.59 Å². The van der Waals surface area contributed by atoms with Crippen LogP contribution in [0.25, 0.3) is 0 Å². The summed E-state index contributed by atoms with van der Waals surface area (Å²) in [5.74, 6) is 0.228. The van der Waals surface area contributed by atoms with Gasteiger partial charge >= 0.3 is 0 Å². The number of rotatable bonds is 3. The minimum absolute atomic E-state index is 0.00656. The van der Waals surface area contributed by atoms with Gasteiger partial charge in [-0.25, -0.2) is 0 Å². The van der Waals surface area contributed by atoms with Gasteiger partial charge in [0, 0.05) is 44.3 Å². The molecule has 3 rings (SSSR count). The molecule has 1 aromatic carbocycles. The number of hydrogen-bond donors (Lipinski definition) is 0. The van der Waals surface area contributed by atoms with Gasteiger partial charge in [-0.2, -0.15) is 5.26 Å². The number of nitrogens with zero attached hydrogens (tertiary/aromatic N) is 4. The van der Waals surface area contributed by atoms with Crippen LogP contribution < -0.4 is 0 Å². The Hall–Kier alpha value is -2.39. The lowest BCUT2D eigenvalue weighted by Gasteiger charge is -2.43. The number of carbonyl (C=O) groups excluding carboxylic acids is 2. The van der Waals surface area contributed by atoms with Gasteiger partial charge in [0.2, 0.25) is 5.91 Å². The Morgan fingerprint density at radius 1 is 1.12 bits per heavy atom. The number of piperidine rings is 1. The van der Waals surface area contributed by atoms with Crippen LogP contribution in [-0.4, -0.2) is 71.3 Å². The van der Waals surface area contributed by atoms with Crippen molar-refractivity contribution in [2.45, 2.75) is 38.8 Å². The summed E-state index contributed by atoms with van der Waals surface area (Å²) in [4.78, 5) is 31.4. The molecule has 26 heavy (non-hydrogen) atoms. The predicted molar refractivity (Wildman–Crippen MR) is 98.5 cm³/mol. The van der Waals surface area contributed by atoms with Crippen molar-refractivity contribution in [2.24, 2.45) is 0 Å². The Labute approximate surface area is 155 Å². The minimum Gasteiger partial charge on any atom is -0.339 e. The standard InChI is InChI=1S/C20H26N4O2/c1-15(2)24-9-3-4-18(20(24)26)22-10-12-23(13-11-22)19(25)17-7-5-16(14-21)6-8-17/h5-8,15,18H,3-4,9-13H2,1-2H3. The molecule has 1 aromatic rings. The molecular weight excluding hydrogens is 328 g/mol. The molecule has 6 nitrogen and oxygen atoms in total. The van der Waals surface area contributed by atoms with Crippen LogP contribution in [0.5, 0.6) is 0 Å². The van der Waals surface area contributed by atoms with Crippen LogP contribution in [0.2, 0.25) is 0 Å². The van der Waals surface area contributed by atoms with Crippen LogP contribution >= 0.6 is 0 Å². The van der Waals surface area contributed by atoms with Gasteiger partial charge in [-0.15, -0.1) is 0 Å². The van der Waals surface area contributed by atoms with Crippen molar-refractivity contribution in [1.82, 2.24) is 14.7 Å². The van der Waals surface area contributed by atoms with E-state index in [4.69, 9.17) is 5.26 Å². The number of amides is 2. The number of nitriles is 1. The quantitative estimate of drug-likeness (QED) is 0.829. The number of hydrogen-bond acceptors (Lipinski definition) is 4. The Kier molecular flexibility index (Phi) is 5.58. The molecule has 0 aliphatic carbocycles. The molecule has 2 aliphatic heterocycles. The molecule has 2 aliphatic rings. The maximum atomic E-state index is 12.7. The molecule has 0 bridgehead atoms. The SMILES string of the molecule is CC(C)N1CCCC(N2CCN(C(=O)c3ccc(C#N)cc3)CC2)C1=O. The fraction of sp³-hybridized carbons (Fsp3) is 0.550. The van der Waals surface area contributed by atoms with Crippen molar-refractivity contribution in [3.05, 3.63) is 35.4 Å². The van der Waals surface area contributed by atoms with Crippen LogP contribution in [0.4, 0.5) is 0 Å². The molecule has 2 saturated heterocycles. The maximum absolute atomic E-state index is 12.7. The highest BCUT2D eigenvalue weighted by Crippen LogP contribution is 2.21. The molecule has 1 unspecified atom stereocenters. The largest absolute Gasteiger partial charge is 0.339 e. The number of likely N-dealkylation sites (tertiary alicyclic amines) is 1. The Balaban J connectivity index is 1.59. The molecule has 6 heteroatoms. The first-order valence-electron chi connectivity index (χ1n) is 9.35. The van der Waals surface area contributed by atoms with Gasteiger partial charge in [0.05, 0.1) is 17.7 Å². The van der Waals surface area contributed by atoms with Crippen molar-refractivity contribution in [3.63, 3.8) is 0 Å². The van der Waals surface area contributed by atoms with E-state index in [1.54, 1.807) is 24.3 Å². The summed E-state index contributed by atoms with van der Waals surface area (Å²) in [5.41, 5.74) is 1.16. The highest BCUT2D eigenvalue weighted by molar-refractivity contribution is 5.94. The first kappa shape index (κ1) is 18.4. The van der Waals surface area contributed by atoms with Crippen molar-refractivity contribution < 1.29 is 9.59 Å². The van der Waals surface area contributed by atoms with E-state index in [2.05, 4.69) is 24.8 Å². The first-order valence-corrected chi connectivity index (χ1v) is 9.35. The van der Waals surface area contributed by atoms with Crippen molar-refractivity contribution in [3.8, 4) is 6.07 Å². The van der Waals surface area contributed by atoms with Crippen LogP contribution in [0.3, 0.4) is 0 Å². The lowest BCUT2D eigenvalue weighted by molar-refractivity contribution is -0.142. The lowest BCUT2D eigenvalue weighted by atomic mass is 10.0. The Morgan fingerprint density at radius 2 is 1.77 bits per heavy atom. The summed E-state index contributed by atoms with van der Waals surface area (Å²) in [7, 11) is 0. The van der Waals surface area contributed by atoms with Crippen molar-refractivity contribution >= 4 is 11.8 Å². The molecule has 0 aromatic heterocycles. The number of carbonyl (C=O) groups is 2. The molecule has 2 fully saturated rings. The average molecular weight is 354 g/mol. The highest BCUT2D eigenvalue weighted by atomic mass is 16.2. The van der Waals surface area contributed by atoms with Crippen molar-refractivity contribution in [2.75, 3.05) is 32.7 Å². The summed E-state index contributed by atoms with van der Waals surface area (Å²) in [6.07, 6.45) is 1.95. The van der Waals surface area contributed by atoms with E-state index in [1.807, 2.05) is 9.80 Å². The monoisotopic (exact) mass is 354 g/mol. The zero-order valence-corrected chi connectivity index (χ0v) is 15.5. The first-order chi connectivity index (χ1) is 12.5. The van der Waals surface area contributed by atoms with E-state index in [0.717, 1.165) is 32.5 Å². The van der Waals surface area contributed by atoms with Crippen LogP contribution in [-0.2, 0) is 4.79 Å². The number of piperazine rings is 1. The Morgan fingerprint density at radius 3 is 2.35 bits per heavy atom. The molecule has 0 spiro atoms. The smallest absolute Gasteiger partial charge is 0.253 e. The third-order valence-corrected chi connectivity index (χ3v) is 5.37. The maximum Gasteiger partial charge on any atom is 0.253 e. The van der Waals surface area contributed by atoms with Gasteiger partial charge in [0.25, 0.3) is 5.91 Å². The van der Waals surface area contributed by atoms with Gasteiger partial charge in [-0.3, -0.25) is 14.5 Å². The lowest BCUT2D eigenvalue weighted by Crippen LogP contribution is -2.59. The summed E-state index contributed by atoms with van der Waals surface area (Å²) < 4.78 is 0. The fourth-order valence-electron chi connectivity index (χ4n) is 3.84. The molecule has 1 atom stereocenters. The molecule has 2 heterocycles. The highest BCUT2D eigenvalue weighted by Gasteiger charge is 2.36. The van der Waals surface area contributed by atoms with E-state index < -0.39 is 0 Å². The van der Waals surface area contributed by atoms with Gasteiger partial charge in [-0.1, -0.05) is 0 Å². The molecule has 0 saturated carbocycles. The Bertz CT molecular complexity index is 700. The topological polar surface area (TPSA) is 67.7 Å². The molecule has 2 amide bonds. The van der Waals surface area contributed by atoms with E-state index in [0.29, 0.717) is 24.2 Å². The van der Waals surface area contributed by atoms with Crippen molar-refractivity contribution in [1.29, 1.82) is 5.26 Å². The second-order valence-electron chi connectivity index (χ2n) is 7.30. The van der Waals surface area contributed by atoms with Crippen LogP contribution in [0.15, 0.2) is 24.3 Å². The zero-order chi connectivity index (χ0) is 18.7. The van der Waals surface area contributed by atoms with E-state index in [-0.39, 0.29) is 23.9 Å². The summed E-state index contributed by atoms with van der Waals surface area (Å²) in [6.45, 7) is 7.69. The normalized spacial score (nSPS) is 21.8. The fourth-order valence-corrected chi connectivity index (χ4v) is 3.84. The average Bonchev–Trinajstić information content (AvgIpc) is 2.67. The third-order valence-electron chi connectivity index (χ3n) is 5.37. The van der Waals surface area contributed by atoms with Gasteiger partial charge in [0.1, 0.15) is 0 Å². The second kappa shape index (κ2) is 7.88.